The number of aliphatic carboxylic acids is 1. The van der Waals surface area contributed by atoms with Crippen LogP contribution in [-0.4, -0.2) is 28.3 Å². The molecule has 1 heterocycles. The number of thiazole rings is 1. The summed E-state index contributed by atoms with van der Waals surface area (Å²) >= 11 is 1.37. The molecule has 0 saturated heterocycles. The molecule has 9 heteroatoms. The monoisotopic (exact) mass is 507 g/mol. The maximum atomic E-state index is 12.8. The molecule has 3 rings (SSSR count). The molecule has 3 aromatic rings. The van der Waals surface area contributed by atoms with Crippen LogP contribution in [0.3, 0.4) is 0 Å². The van der Waals surface area contributed by atoms with Crippen LogP contribution < -0.4 is 4.74 Å². The Kier molecular flexibility index (Phi) is 8.22. The van der Waals surface area contributed by atoms with Crippen LogP contribution in [0.25, 0.3) is 10.6 Å². The average molecular weight is 508 g/mol. The molecule has 0 bridgehead atoms. The predicted octanol–water partition coefficient (Wildman–Crippen LogP) is 6.84. The van der Waals surface area contributed by atoms with Crippen molar-refractivity contribution in [2.75, 3.05) is 6.61 Å². The van der Waals surface area contributed by atoms with E-state index in [1.54, 1.807) is 19.9 Å². The van der Waals surface area contributed by atoms with Gasteiger partial charge >= 0.3 is 12.1 Å². The second kappa shape index (κ2) is 10.8. The molecule has 1 unspecified atom stereocenters. The van der Waals surface area contributed by atoms with E-state index in [2.05, 4.69) is 4.98 Å². The van der Waals surface area contributed by atoms with E-state index in [0.717, 1.165) is 33.8 Å². The van der Waals surface area contributed by atoms with Gasteiger partial charge in [-0.2, -0.15) is 13.2 Å². The van der Waals surface area contributed by atoms with Gasteiger partial charge in [0.2, 0.25) is 0 Å². The number of alkyl halides is 3. The van der Waals surface area contributed by atoms with Crippen LogP contribution in [0, 0.1) is 13.8 Å². The van der Waals surface area contributed by atoms with Crippen molar-refractivity contribution in [3.8, 4) is 16.3 Å². The minimum atomic E-state index is -4.38. The molecular formula is C26H28F3NO4S. The van der Waals surface area contributed by atoms with E-state index in [4.69, 9.17) is 9.47 Å². The lowest BCUT2D eigenvalue weighted by Crippen LogP contribution is -2.43. The molecule has 0 fully saturated rings. The molecule has 2 aromatic carbocycles. The van der Waals surface area contributed by atoms with Crippen LogP contribution in [0.15, 0.2) is 42.5 Å². The van der Waals surface area contributed by atoms with Crippen molar-refractivity contribution in [1.82, 2.24) is 4.98 Å². The molecule has 0 aliphatic carbocycles. The van der Waals surface area contributed by atoms with E-state index in [1.165, 1.54) is 23.5 Å². The number of carbonyl (C=O) groups is 1. The van der Waals surface area contributed by atoms with Gasteiger partial charge in [0.15, 0.2) is 5.60 Å². The highest BCUT2D eigenvalue weighted by Gasteiger charge is 2.38. The predicted molar refractivity (Wildman–Crippen MR) is 129 cm³/mol. The van der Waals surface area contributed by atoms with Gasteiger partial charge in [-0.25, -0.2) is 9.78 Å². The first-order valence-electron chi connectivity index (χ1n) is 11.2. The molecule has 0 spiro atoms. The molecule has 0 aliphatic heterocycles. The highest BCUT2D eigenvalue weighted by molar-refractivity contribution is 7.15. The van der Waals surface area contributed by atoms with E-state index in [0.29, 0.717) is 29.3 Å². The first kappa shape index (κ1) is 26.7. The molecule has 1 atom stereocenters. The van der Waals surface area contributed by atoms with Gasteiger partial charge in [-0.3, -0.25) is 0 Å². The van der Waals surface area contributed by atoms with E-state index >= 15 is 0 Å². The van der Waals surface area contributed by atoms with Crippen molar-refractivity contribution in [3.63, 3.8) is 0 Å². The summed E-state index contributed by atoms with van der Waals surface area (Å²) in [7, 11) is 0. The average Bonchev–Trinajstić information content (AvgIpc) is 3.18. The smallest absolute Gasteiger partial charge is 0.416 e. The third-order valence-corrected chi connectivity index (χ3v) is 7.07. The topological polar surface area (TPSA) is 68.7 Å². The van der Waals surface area contributed by atoms with E-state index < -0.39 is 23.3 Å². The van der Waals surface area contributed by atoms with Crippen molar-refractivity contribution in [2.45, 2.75) is 58.9 Å². The summed E-state index contributed by atoms with van der Waals surface area (Å²) in [4.78, 5) is 17.2. The number of aromatic nitrogens is 1. The highest BCUT2D eigenvalue weighted by atomic mass is 32.1. The second-order valence-electron chi connectivity index (χ2n) is 8.24. The SMILES string of the molecule is CCOC(CC)(Cc1ccc(OCc2sc(-c3ccc(C(F)(F)F)cc3)nc2C)cc1C)C(=O)O. The van der Waals surface area contributed by atoms with Crippen LogP contribution >= 0.6 is 11.3 Å². The van der Waals surface area contributed by atoms with Crippen LogP contribution in [0.1, 0.15) is 47.5 Å². The van der Waals surface area contributed by atoms with Gasteiger partial charge < -0.3 is 14.6 Å². The fourth-order valence-electron chi connectivity index (χ4n) is 3.74. The molecular weight excluding hydrogens is 479 g/mol. The Morgan fingerprint density at radius 1 is 1.09 bits per heavy atom. The van der Waals surface area contributed by atoms with Gasteiger partial charge in [0.05, 0.1) is 16.1 Å². The molecule has 0 aliphatic rings. The number of ether oxygens (including phenoxy) is 2. The molecule has 1 N–H and O–H groups in total. The molecule has 1 aromatic heterocycles. The van der Waals surface area contributed by atoms with Crippen molar-refractivity contribution in [3.05, 3.63) is 69.7 Å². The molecule has 35 heavy (non-hydrogen) atoms. The number of hydrogen-bond donors (Lipinski definition) is 1. The summed E-state index contributed by atoms with van der Waals surface area (Å²) in [5.41, 5.74) is 1.17. The maximum absolute atomic E-state index is 12.8. The van der Waals surface area contributed by atoms with E-state index in [-0.39, 0.29) is 13.0 Å². The van der Waals surface area contributed by atoms with E-state index in [9.17, 15) is 23.1 Å². The Balaban J connectivity index is 1.71. The third kappa shape index (κ3) is 6.21. The summed E-state index contributed by atoms with van der Waals surface area (Å²) in [5, 5.41) is 10.4. The van der Waals surface area contributed by atoms with Crippen molar-refractivity contribution in [1.29, 1.82) is 0 Å². The first-order valence-corrected chi connectivity index (χ1v) is 12.0. The third-order valence-electron chi connectivity index (χ3n) is 5.89. The van der Waals surface area contributed by atoms with Crippen molar-refractivity contribution >= 4 is 17.3 Å². The Hall–Kier alpha value is -2.91. The zero-order valence-electron chi connectivity index (χ0n) is 20.0. The Morgan fingerprint density at radius 2 is 1.77 bits per heavy atom. The fraction of sp³-hybridized carbons (Fsp3) is 0.385. The quantitative estimate of drug-likeness (QED) is 0.326. The lowest BCUT2D eigenvalue weighted by molar-refractivity contribution is -0.166. The van der Waals surface area contributed by atoms with Gasteiger partial charge in [0, 0.05) is 18.6 Å². The Morgan fingerprint density at radius 3 is 2.31 bits per heavy atom. The normalized spacial score (nSPS) is 13.5. The first-order chi connectivity index (χ1) is 16.5. The number of aryl methyl sites for hydroxylation is 2. The van der Waals surface area contributed by atoms with Crippen molar-refractivity contribution in [2.24, 2.45) is 0 Å². The Bertz CT molecular complexity index is 1170. The lowest BCUT2D eigenvalue weighted by Gasteiger charge is -2.28. The number of carboxylic acid groups (broad SMARTS) is 1. The molecule has 5 nitrogen and oxygen atoms in total. The summed E-state index contributed by atoms with van der Waals surface area (Å²) in [6.07, 6.45) is -3.78. The molecule has 0 amide bonds. The fourth-order valence-corrected chi connectivity index (χ4v) is 4.72. The molecule has 188 valence electrons. The zero-order chi connectivity index (χ0) is 25.8. The number of halogens is 3. The summed E-state index contributed by atoms with van der Waals surface area (Å²) in [5.74, 6) is -0.352. The minimum absolute atomic E-state index is 0.253. The van der Waals surface area contributed by atoms with Crippen LogP contribution in [-0.2, 0) is 28.7 Å². The largest absolute Gasteiger partial charge is 0.488 e. The maximum Gasteiger partial charge on any atom is 0.416 e. The highest BCUT2D eigenvalue weighted by Crippen LogP contribution is 2.33. The number of benzene rings is 2. The van der Waals surface area contributed by atoms with Crippen LogP contribution in [0.5, 0.6) is 5.75 Å². The zero-order valence-corrected chi connectivity index (χ0v) is 20.8. The summed E-state index contributed by atoms with van der Waals surface area (Å²) < 4.78 is 50.0. The standard InChI is InChI=1S/C26H28F3NO4S/c1-5-25(24(31)32,34-6-2)14-19-9-12-21(13-16(19)3)33-15-22-17(4)30-23(35-22)18-7-10-20(11-8-18)26(27,28)29/h7-13H,5-6,14-15H2,1-4H3,(H,31,32). The Labute approximate surface area is 206 Å². The second-order valence-corrected chi connectivity index (χ2v) is 9.33. The van der Waals surface area contributed by atoms with Gasteiger partial charge in [-0.05, 0) is 62.6 Å². The minimum Gasteiger partial charge on any atom is -0.488 e. The van der Waals surface area contributed by atoms with Crippen molar-refractivity contribution < 1.29 is 32.5 Å². The number of nitrogens with zero attached hydrogens (tertiary/aromatic N) is 1. The summed E-state index contributed by atoms with van der Waals surface area (Å²) in [6.45, 7) is 7.88. The molecule has 0 radical (unpaired) electrons. The van der Waals surface area contributed by atoms with E-state index in [1.807, 2.05) is 26.0 Å². The van der Waals surface area contributed by atoms with Gasteiger partial charge in [-0.15, -0.1) is 11.3 Å². The summed E-state index contributed by atoms with van der Waals surface area (Å²) in [6, 6.07) is 10.4. The molecule has 0 saturated carbocycles. The number of hydrogen-bond acceptors (Lipinski definition) is 5. The van der Waals surface area contributed by atoms with Crippen LogP contribution in [0.2, 0.25) is 0 Å². The van der Waals surface area contributed by atoms with Crippen LogP contribution in [0.4, 0.5) is 13.2 Å². The number of rotatable bonds is 10. The van der Waals surface area contributed by atoms with Gasteiger partial charge in [-0.1, -0.05) is 25.1 Å². The van der Waals surface area contributed by atoms with Gasteiger partial charge in [0.1, 0.15) is 17.4 Å². The lowest BCUT2D eigenvalue weighted by atomic mass is 9.89. The van der Waals surface area contributed by atoms with Gasteiger partial charge in [0.25, 0.3) is 0 Å². The number of carboxylic acids is 1.